The van der Waals surface area contributed by atoms with Crippen molar-refractivity contribution >= 4 is 5.91 Å². The van der Waals surface area contributed by atoms with Gasteiger partial charge in [0.05, 0.1) is 19.3 Å². The van der Waals surface area contributed by atoms with E-state index in [9.17, 15) is 15.0 Å². The molecule has 1 spiro atoms. The first kappa shape index (κ1) is 18.7. The van der Waals surface area contributed by atoms with Crippen molar-refractivity contribution in [3.05, 3.63) is 29.8 Å². The van der Waals surface area contributed by atoms with Crippen LogP contribution in [0.2, 0.25) is 0 Å². The van der Waals surface area contributed by atoms with E-state index in [1.54, 1.807) is 24.3 Å². The van der Waals surface area contributed by atoms with Crippen molar-refractivity contribution in [2.24, 2.45) is 5.41 Å². The predicted molar refractivity (Wildman–Crippen MR) is 102 cm³/mol. The highest BCUT2D eigenvalue weighted by atomic mass is 16.5. The summed E-state index contributed by atoms with van der Waals surface area (Å²) in [6, 6.07) is 6.79. The summed E-state index contributed by atoms with van der Waals surface area (Å²) in [6.07, 6.45) is 5.52. The van der Waals surface area contributed by atoms with Crippen molar-refractivity contribution < 1.29 is 19.7 Å². The minimum absolute atomic E-state index is 0.0446. The van der Waals surface area contributed by atoms with Crippen LogP contribution in [0.3, 0.4) is 0 Å². The van der Waals surface area contributed by atoms with Gasteiger partial charge >= 0.3 is 0 Å². The second-order valence-electron chi connectivity index (χ2n) is 8.45. The topological polar surface area (TPSA) is 73.2 Å². The molecular formula is C21H30N2O4. The van der Waals surface area contributed by atoms with Crippen LogP contribution >= 0.6 is 0 Å². The molecular weight excluding hydrogens is 344 g/mol. The number of amides is 1. The van der Waals surface area contributed by atoms with Crippen LogP contribution in [0.4, 0.5) is 0 Å². The maximum absolute atomic E-state index is 12.7. The van der Waals surface area contributed by atoms with Crippen LogP contribution in [0.15, 0.2) is 24.3 Å². The number of ether oxygens (including phenoxy) is 1. The molecule has 2 N–H and O–H groups in total. The van der Waals surface area contributed by atoms with E-state index in [1.807, 2.05) is 4.90 Å². The van der Waals surface area contributed by atoms with Gasteiger partial charge in [-0.25, -0.2) is 0 Å². The Bertz CT molecular complexity index is 655. The van der Waals surface area contributed by atoms with Crippen molar-refractivity contribution in [2.75, 3.05) is 39.4 Å². The first-order valence-corrected chi connectivity index (χ1v) is 10.1. The first-order valence-electron chi connectivity index (χ1n) is 10.1. The Hall–Kier alpha value is -1.63. The molecule has 1 aromatic rings. The first-order chi connectivity index (χ1) is 13.1. The molecule has 3 heterocycles. The van der Waals surface area contributed by atoms with Crippen LogP contribution < -0.4 is 0 Å². The zero-order chi connectivity index (χ0) is 18.9. The molecule has 4 rings (SSSR count). The second kappa shape index (κ2) is 7.78. The largest absolute Gasteiger partial charge is 0.508 e. The highest BCUT2D eigenvalue weighted by molar-refractivity contribution is 5.94. The fourth-order valence-electron chi connectivity index (χ4n) is 4.94. The number of piperidine rings is 1. The molecule has 3 fully saturated rings. The monoisotopic (exact) mass is 374 g/mol. The molecule has 27 heavy (non-hydrogen) atoms. The summed E-state index contributed by atoms with van der Waals surface area (Å²) < 4.78 is 6.14. The predicted octanol–water partition coefficient (Wildman–Crippen LogP) is 1.86. The number of nitrogens with zero attached hydrogens (tertiary/aromatic N) is 2. The van der Waals surface area contributed by atoms with Crippen molar-refractivity contribution in [1.82, 2.24) is 9.80 Å². The van der Waals surface area contributed by atoms with Gasteiger partial charge in [-0.3, -0.25) is 9.69 Å². The van der Waals surface area contributed by atoms with E-state index in [0.29, 0.717) is 11.6 Å². The van der Waals surface area contributed by atoms with E-state index in [0.717, 1.165) is 64.9 Å². The number of phenolic OH excluding ortho intramolecular Hbond substituents is 1. The lowest BCUT2D eigenvalue weighted by atomic mass is 9.76. The van der Waals surface area contributed by atoms with Crippen LogP contribution in [-0.4, -0.2) is 77.5 Å². The fraction of sp³-hybridized carbons (Fsp3) is 0.667. The summed E-state index contributed by atoms with van der Waals surface area (Å²) in [5, 5.41) is 18.9. The number of aromatic hydroxyl groups is 1. The molecule has 6 heteroatoms. The number of hydrogen-bond donors (Lipinski definition) is 2. The molecule has 0 saturated carbocycles. The molecule has 148 valence electrons. The SMILES string of the molecule is O=C(c1ccc(O)cc1)N1CCC2(CC1)CO[C@@H](CN1CCC[C@H]1CO)C2. The standard InChI is InChI=1S/C21H30N2O4/c24-14-17-2-1-9-23(17)13-19-12-21(15-27-19)7-10-22(11-8-21)20(26)16-3-5-18(25)6-4-16/h3-6,17,19,24-25H,1-2,7-15H2/t17-,19+/m0/s1. The Morgan fingerprint density at radius 2 is 1.93 bits per heavy atom. The molecule has 6 nitrogen and oxygen atoms in total. The average molecular weight is 374 g/mol. The zero-order valence-corrected chi connectivity index (χ0v) is 15.8. The van der Waals surface area contributed by atoms with Gasteiger partial charge in [0, 0.05) is 31.2 Å². The summed E-state index contributed by atoms with van der Waals surface area (Å²) in [5.74, 6) is 0.225. The molecule has 1 amide bonds. The Balaban J connectivity index is 1.30. The third-order valence-corrected chi connectivity index (χ3v) is 6.66. The Morgan fingerprint density at radius 3 is 2.63 bits per heavy atom. The maximum Gasteiger partial charge on any atom is 0.253 e. The third-order valence-electron chi connectivity index (χ3n) is 6.66. The smallest absolute Gasteiger partial charge is 0.253 e. The van der Waals surface area contributed by atoms with Crippen molar-refractivity contribution in [2.45, 2.75) is 44.2 Å². The average Bonchev–Trinajstić information content (AvgIpc) is 3.30. The van der Waals surface area contributed by atoms with Crippen LogP contribution in [-0.2, 0) is 4.74 Å². The van der Waals surface area contributed by atoms with Crippen molar-refractivity contribution in [1.29, 1.82) is 0 Å². The molecule has 1 aromatic carbocycles. The Labute approximate surface area is 160 Å². The minimum atomic E-state index is 0.0446. The molecule has 0 bridgehead atoms. The molecule has 3 saturated heterocycles. The van der Waals surface area contributed by atoms with Gasteiger partial charge in [0.15, 0.2) is 0 Å². The van der Waals surface area contributed by atoms with Crippen molar-refractivity contribution in [3.8, 4) is 5.75 Å². The number of aliphatic hydroxyl groups is 1. The minimum Gasteiger partial charge on any atom is -0.508 e. The number of carbonyl (C=O) groups excluding carboxylic acids is 1. The molecule has 2 atom stereocenters. The van der Waals surface area contributed by atoms with Crippen LogP contribution in [0.1, 0.15) is 42.5 Å². The summed E-state index contributed by atoms with van der Waals surface area (Å²) in [5.41, 5.74) is 0.832. The van der Waals surface area contributed by atoms with Crippen LogP contribution in [0.25, 0.3) is 0 Å². The van der Waals surface area contributed by atoms with E-state index in [4.69, 9.17) is 4.74 Å². The van der Waals surface area contributed by atoms with E-state index in [-0.39, 0.29) is 29.8 Å². The summed E-state index contributed by atoms with van der Waals surface area (Å²) in [7, 11) is 0. The zero-order valence-electron chi connectivity index (χ0n) is 15.8. The number of likely N-dealkylation sites (tertiary alicyclic amines) is 2. The number of carbonyl (C=O) groups is 1. The Kier molecular flexibility index (Phi) is 5.39. The summed E-state index contributed by atoms with van der Waals surface area (Å²) >= 11 is 0. The normalized spacial score (nSPS) is 28.1. The number of benzene rings is 1. The molecule has 0 aromatic heterocycles. The van der Waals surface area contributed by atoms with Crippen LogP contribution in [0, 0.1) is 5.41 Å². The molecule has 0 unspecified atom stereocenters. The quantitative estimate of drug-likeness (QED) is 0.842. The van der Waals surface area contributed by atoms with Gasteiger partial charge in [0.1, 0.15) is 5.75 Å². The van der Waals surface area contributed by atoms with E-state index in [1.165, 1.54) is 0 Å². The lowest BCUT2D eigenvalue weighted by molar-refractivity contribution is 0.0401. The second-order valence-corrected chi connectivity index (χ2v) is 8.45. The molecule has 0 radical (unpaired) electrons. The van der Waals surface area contributed by atoms with Gasteiger partial charge < -0.3 is 19.8 Å². The van der Waals surface area contributed by atoms with Gasteiger partial charge in [0.25, 0.3) is 5.91 Å². The van der Waals surface area contributed by atoms with Gasteiger partial charge in [0.2, 0.25) is 0 Å². The van der Waals surface area contributed by atoms with Gasteiger partial charge in [-0.05, 0) is 68.3 Å². The molecule has 3 aliphatic heterocycles. The Morgan fingerprint density at radius 1 is 1.19 bits per heavy atom. The number of phenols is 1. The number of rotatable bonds is 4. The number of aliphatic hydroxyl groups excluding tert-OH is 1. The van der Waals surface area contributed by atoms with E-state index >= 15 is 0 Å². The highest BCUT2D eigenvalue weighted by Gasteiger charge is 2.44. The number of hydrogen-bond acceptors (Lipinski definition) is 5. The van der Waals surface area contributed by atoms with Crippen molar-refractivity contribution in [3.63, 3.8) is 0 Å². The lowest BCUT2D eigenvalue weighted by Crippen LogP contribution is -2.44. The summed E-state index contributed by atoms with van der Waals surface area (Å²) in [6.45, 7) is 4.54. The van der Waals surface area contributed by atoms with Gasteiger partial charge in [-0.2, -0.15) is 0 Å². The van der Waals surface area contributed by atoms with E-state index < -0.39 is 0 Å². The van der Waals surface area contributed by atoms with Gasteiger partial charge in [-0.15, -0.1) is 0 Å². The van der Waals surface area contributed by atoms with E-state index in [2.05, 4.69) is 4.90 Å². The molecule has 0 aliphatic carbocycles. The maximum atomic E-state index is 12.7. The highest BCUT2D eigenvalue weighted by Crippen LogP contribution is 2.42. The van der Waals surface area contributed by atoms with Crippen LogP contribution in [0.5, 0.6) is 5.75 Å². The van der Waals surface area contributed by atoms with Gasteiger partial charge in [-0.1, -0.05) is 0 Å². The lowest BCUT2D eigenvalue weighted by Gasteiger charge is -2.38. The third kappa shape index (κ3) is 3.98. The fourth-order valence-corrected chi connectivity index (χ4v) is 4.94. The summed E-state index contributed by atoms with van der Waals surface area (Å²) in [4.78, 5) is 17.0. The molecule has 3 aliphatic rings.